The Morgan fingerprint density at radius 1 is 1.25 bits per heavy atom. The van der Waals surface area contributed by atoms with Crippen LogP contribution >= 0.6 is 12.6 Å². The maximum absolute atomic E-state index is 5.93. The molecule has 2 nitrogen and oxygen atoms in total. The minimum atomic E-state index is 0.727. The minimum Gasteiger partial charge on any atom is -0.458 e. The van der Waals surface area contributed by atoms with Crippen LogP contribution in [0.25, 0.3) is 0 Å². The maximum Gasteiger partial charge on any atom is 0.127 e. The van der Waals surface area contributed by atoms with Crippen molar-refractivity contribution in [3.63, 3.8) is 0 Å². The van der Waals surface area contributed by atoms with Crippen molar-refractivity contribution in [2.75, 3.05) is 0 Å². The van der Waals surface area contributed by atoms with Crippen molar-refractivity contribution >= 4 is 12.6 Å². The Bertz CT molecular complexity index is 692. The SMILES string of the molecule is C/C=C(\C=C/CC)Oc1ccc(S)c(CNCc2cc#ccc2)c1. The summed E-state index contributed by atoms with van der Waals surface area (Å²) < 4.78 is 5.93. The Morgan fingerprint density at radius 2 is 2.12 bits per heavy atom. The number of thiol groups is 1. The molecule has 0 aromatic heterocycles. The predicted octanol–water partition coefficient (Wildman–Crippen LogP) is 5.11. The first-order valence-corrected chi connectivity index (χ1v) is 8.57. The van der Waals surface area contributed by atoms with Gasteiger partial charge in [-0.15, -0.1) is 12.6 Å². The molecule has 0 radical (unpaired) electrons. The topological polar surface area (TPSA) is 21.3 Å². The zero-order chi connectivity index (χ0) is 17.2. The summed E-state index contributed by atoms with van der Waals surface area (Å²) in [5, 5.41) is 3.42. The van der Waals surface area contributed by atoms with Gasteiger partial charge in [0.25, 0.3) is 0 Å². The molecule has 0 aliphatic heterocycles. The first-order valence-electron chi connectivity index (χ1n) is 8.13. The highest BCUT2D eigenvalue weighted by atomic mass is 32.1. The van der Waals surface area contributed by atoms with Crippen LogP contribution in [0.5, 0.6) is 5.75 Å². The number of hydrogen-bond donors (Lipinski definition) is 2. The molecular formula is C21H23NOS. The van der Waals surface area contributed by atoms with E-state index in [1.807, 2.05) is 55.5 Å². The highest BCUT2D eigenvalue weighted by molar-refractivity contribution is 7.80. The Kier molecular flexibility index (Phi) is 7.48. The summed E-state index contributed by atoms with van der Waals surface area (Å²) in [5.41, 5.74) is 2.29. The molecule has 2 aromatic rings. The van der Waals surface area contributed by atoms with Crippen LogP contribution in [0.2, 0.25) is 0 Å². The molecule has 24 heavy (non-hydrogen) atoms. The van der Waals surface area contributed by atoms with E-state index in [0.29, 0.717) is 0 Å². The standard InChI is InChI=1S/C21H23NOS/c1-3-5-11-19(4-2)23-20-12-13-21(24)18(14-20)16-22-15-17-9-7-6-8-10-17/h4-5,7,9-14,22,24H,3,15-16H2,1-2H3/b11-5-,19-4+. The molecule has 0 unspecified atom stereocenters. The third kappa shape index (κ3) is 5.81. The number of allylic oxidation sites excluding steroid dienone is 3. The molecule has 2 rings (SSSR count). The van der Waals surface area contributed by atoms with E-state index < -0.39 is 0 Å². The van der Waals surface area contributed by atoms with E-state index in [1.165, 1.54) is 5.56 Å². The third-order valence-electron chi connectivity index (χ3n) is 3.46. The zero-order valence-corrected chi connectivity index (χ0v) is 15.1. The summed E-state index contributed by atoms with van der Waals surface area (Å²) in [5.74, 6) is 1.67. The van der Waals surface area contributed by atoms with Gasteiger partial charge < -0.3 is 10.1 Å². The monoisotopic (exact) mass is 337 g/mol. The summed E-state index contributed by atoms with van der Waals surface area (Å²) in [7, 11) is 0. The van der Waals surface area contributed by atoms with Gasteiger partial charge in [-0.1, -0.05) is 25.1 Å². The fourth-order valence-electron chi connectivity index (χ4n) is 2.16. The maximum atomic E-state index is 5.93. The third-order valence-corrected chi connectivity index (χ3v) is 3.89. The summed E-state index contributed by atoms with van der Waals surface area (Å²) in [6.07, 6.45) is 7.02. The van der Waals surface area contributed by atoms with Crippen LogP contribution < -0.4 is 10.1 Å². The molecule has 0 saturated carbocycles. The molecule has 0 aliphatic carbocycles. The van der Waals surface area contributed by atoms with Crippen molar-refractivity contribution in [1.82, 2.24) is 5.32 Å². The normalized spacial score (nSPS) is 11.5. The molecule has 3 heteroatoms. The Morgan fingerprint density at radius 3 is 2.83 bits per heavy atom. The van der Waals surface area contributed by atoms with Gasteiger partial charge in [0.05, 0.1) is 0 Å². The molecule has 0 heterocycles. The van der Waals surface area contributed by atoms with E-state index >= 15 is 0 Å². The van der Waals surface area contributed by atoms with Crippen molar-refractivity contribution in [3.8, 4) is 5.75 Å². The van der Waals surface area contributed by atoms with Gasteiger partial charge in [-0.05, 0) is 73.0 Å². The van der Waals surface area contributed by atoms with E-state index in [0.717, 1.165) is 41.5 Å². The molecule has 0 saturated heterocycles. The van der Waals surface area contributed by atoms with E-state index in [2.05, 4.69) is 43.1 Å². The van der Waals surface area contributed by atoms with Crippen LogP contribution in [0, 0.1) is 12.1 Å². The lowest BCUT2D eigenvalue weighted by molar-refractivity contribution is 0.441. The lowest BCUT2D eigenvalue weighted by atomic mass is 10.2. The first-order chi connectivity index (χ1) is 11.7. The number of rotatable bonds is 8. The number of hydrogen-bond acceptors (Lipinski definition) is 3. The highest BCUT2D eigenvalue weighted by Gasteiger charge is 2.04. The summed E-state index contributed by atoms with van der Waals surface area (Å²) >= 11 is 4.54. The fourth-order valence-corrected chi connectivity index (χ4v) is 2.38. The Balaban J connectivity index is 1.99. The first kappa shape index (κ1) is 18.2. The molecule has 0 amide bonds. The largest absolute Gasteiger partial charge is 0.458 e. The lowest BCUT2D eigenvalue weighted by Crippen LogP contribution is -2.13. The molecule has 0 fully saturated rings. The van der Waals surface area contributed by atoms with Crippen LogP contribution in [0.3, 0.4) is 0 Å². The van der Waals surface area contributed by atoms with Crippen LogP contribution in [-0.2, 0) is 13.1 Å². The van der Waals surface area contributed by atoms with Crippen LogP contribution in [0.1, 0.15) is 31.4 Å². The molecule has 124 valence electrons. The van der Waals surface area contributed by atoms with Crippen molar-refractivity contribution < 1.29 is 4.74 Å². The average Bonchev–Trinajstić information content (AvgIpc) is 2.62. The van der Waals surface area contributed by atoms with Crippen LogP contribution in [-0.4, -0.2) is 0 Å². The van der Waals surface area contributed by atoms with Gasteiger partial charge in [0.1, 0.15) is 11.5 Å². The van der Waals surface area contributed by atoms with E-state index in [9.17, 15) is 0 Å². The van der Waals surface area contributed by atoms with Crippen LogP contribution in [0.15, 0.2) is 65.3 Å². The number of ether oxygens (including phenoxy) is 1. The van der Waals surface area contributed by atoms with Crippen molar-refractivity contribution in [2.45, 2.75) is 38.3 Å². The van der Waals surface area contributed by atoms with E-state index in [-0.39, 0.29) is 0 Å². The van der Waals surface area contributed by atoms with Crippen LogP contribution in [0.4, 0.5) is 0 Å². The van der Waals surface area contributed by atoms with Gasteiger partial charge in [0.15, 0.2) is 0 Å². The molecule has 0 atom stereocenters. The smallest absolute Gasteiger partial charge is 0.127 e. The van der Waals surface area contributed by atoms with Gasteiger partial charge in [-0.3, -0.25) is 0 Å². The van der Waals surface area contributed by atoms with Crippen molar-refractivity contribution in [1.29, 1.82) is 0 Å². The second-order valence-corrected chi connectivity index (χ2v) is 5.82. The summed E-state index contributed by atoms with van der Waals surface area (Å²) in [6.45, 7) is 5.58. The quantitative estimate of drug-likeness (QED) is 0.396. The van der Waals surface area contributed by atoms with E-state index in [1.54, 1.807) is 0 Å². The van der Waals surface area contributed by atoms with Gasteiger partial charge in [0, 0.05) is 18.0 Å². The van der Waals surface area contributed by atoms with Gasteiger partial charge in [-0.2, -0.15) is 0 Å². The zero-order valence-electron chi connectivity index (χ0n) is 14.2. The second-order valence-electron chi connectivity index (χ2n) is 5.34. The number of nitrogens with one attached hydrogen (secondary N) is 1. The van der Waals surface area contributed by atoms with E-state index in [4.69, 9.17) is 4.74 Å². The number of benzene rings is 1. The molecule has 2 aromatic carbocycles. The molecule has 0 aliphatic rings. The minimum absolute atomic E-state index is 0.727. The molecule has 0 bridgehead atoms. The lowest BCUT2D eigenvalue weighted by Gasteiger charge is -2.11. The van der Waals surface area contributed by atoms with Gasteiger partial charge in [-0.25, -0.2) is 0 Å². The fraction of sp³-hybridized carbons (Fsp3) is 0.238. The van der Waals surface area contributed by atoms with Crippen molar-refractivity contribution in [3.05, 3.63) is 83.6 Å². The van der Waals surface area contributed by atoms with Crippen molar-refractivity contribution in [2.24, 2.45) is 0 Å². The second kappa shape index (κ2) is 9.87. The Hall–Kier alpha value is -2.15. The molecular weight excluding hydrogens is 314 g/mol. The average molecular weight is 337 g/mol. The molecule has 0 spiro atoms. The Labute approximate surface area is 150 Å². The van der Waals surface area contributed by atoms with Gasteiger partial charge >= 0.3 is 0 Å². The summed E-state index contributed by atoms with van der Waals surface area (Å²) in [4.78, 5) is 0.953. The highest BCUT2D eigenvalue weighted by Crippen LogP contribution is 2.22. The summed E-state index contributed by atoms with van der Waals surface area (Å²) in [6, 6.07) is 17.6. The van der Waals surface area contributed by atoms with Gasteiger partial charge in [0.2, 0.25) is 0 Å². The molecule has 1 N–H and O–H groups in total. The predicted molar refractivity (Wildman–Crippen MR) is 102 cm³/mol.